The molecule has 0 bridgehead atoms. The van der Waals surface area contributed by atoms with Crippen molar-refractivity contribution in [2.75, 3.05) is 6.61 Å². The van der Waals surface area contributed by atoms with E-state index in [1.807, 2.05) is 56.3 Å². The molecule has 3 aromatic rings. The summed E-state index contributed by atoms with van der Waals surface area (Å²) in [5.41, 5.74) is 1.99. The predicted molar refractivity (Wildman–Crippen MR) is 108 cm³/mol. The Balaban J connectivity index is 1.73. The molecule has 0 radical (unpaired) electrons. The number of rotatable bonds is 8. The van der Waals surface area contributed by atoms with Crippen LogP contribution in [0.4, 0.5) is 0 Å². The molecule has 6 heteroatoms. The van der Waals surface area contributed by atoms with E-state index in [1.54, 1.807) is 0 Å². The van der Waals surface area contributed by atoms with Gasteiger partial charge in [-0.25, -0.2) is 4.98 Å². The molecule has 0 saturated carbocycles. The van der Waals surface area contributed by atoms with Gasteiger partial charge in [0.05, 0.1) is 28.7 Å². The van der Waals surface area contributed by atoms with Gasteiger partial charge >= 0.3 is 0 Å². The second-order valence-corrected chi connectivity index (χ2v) is 6.79. The second-order valence-electron chi connectivity index (χ2n) is 6.39. The molecule has 27 heavy (non-hydrogen) atoms. The Morgan fingerprint density at radius 2 is 1.96 bits per heavy atom. The van der Waals surface area contributed by atoms with E-state index >= 15 is 0 Å². The van der Waals surface area contributed by atoms with Crippen LogP contribution in [0.1, 0.15) is 38.6 Å². The average molecular weight is 386 g/mol. The lowest BCUT2D eigenvalue weighted by Crippen LogP contribution is -2.28. The summed E-state index contributed by atoms with van der Waals surface area (Å²) in [4.78, 5) is 16.5. The number of nitrogens with one attached hydrogen (secondary N) is 1. The number of aromatic nitrogens is 2. The molecule has 0 saturated heterocycles. The Bertz CT molecular complexity index is 923. The fraction of sp³-hybridized carbons (Fsp3) is 0.333. The van der Waals surface area contributed by atoms with Gasteiger partial charge in [0.15, 0.2) is 0 Å². The molecule has 0 aliphatic rings. The van der Waals surface area contributed by atoms with Crippen LogP contribution in [0.15, 0.2) is 48.5 Å². The van der Waals surface area contributed by atoms with Crippen LogP contribution in [0.5, 0.6) is 5.75 Å². The second kappa shape index (κ2) is 8.91. The third kappa shape index (κ3) is 4.61. The minimum atomic E-state index is -0.158. The van der Waals surface area contributed by atoms with Gasteiger partial charge in [0.1, 0.15) is 11.6 Å². The SMILES string of the molecule is CCC(=O)NC(C)c1nc2ccccc2n1CCCOc1ccccc1Cl. The van der Waals surface area contributed by atoms with Crippen molar-refractivity contribution in [2.24, 2.45) is 0 Å². The summed E-state index contributed by atoms with van der Waals surface area (Å²) in [6.07, 6.45) is 1.25. The van der Waals surface area contributed by atoms with Gasteiger partial charge in [0.2, 0.25) is 5.91 Å². The summed E-state index contributed by atoms with van der Waals surface area (Å²) in [7, 11) is 0. The number of nitrogens with zero attached hydrogens (tertiary/aromatic N) is 2. The number of carbonyl (C=O) groups excluding carboxylic acids is 1. The summed E-state index contributed by atoms with van der Waals surface area (Å²) in [6.45, 7) is 5.10. The first-order chi connectivity index (χ1) is 13.1. The molecule has 1 heterocycles. The number of para-hydroxylation sites is 3. The summed E-state index contributed by atoms with van der Waals surface area (Å²) in [5, 5.41) is 3.61. The normalized spacial score (nSPS) is 12.1. The van der Waals surface area contributed by atoms with Gasteiger partial charge in [-0.15, -0.1) is 0 Å². The molecule has 0 aliphatic carbocycles. The summed E-state index contributed by atoms with van der Waals surface area (Å²) >= 11 is 6.13. The Morgan fingerprint density at radius 3 is 2.74 bits per heavy atom. The van der Waals surface area contributed by atoms with Gasteiger partial charge in [0.25, 0.3) is 0 Å². The lowest BCUT2D eigenvalue weighted by atomic mass is 10.2. The van der Waals surface area contributed by atoms with Gasteiger partial charge in [-0.3, -0.25) is 4.79 Å². The number of fused-ring (bicyclic) bond motifs is 1. The van der Waals surface area contributed by atoms with Crippen LogP contribution in [-0.4, -0.2) is 22.1 Å². The molecular weight excluding hydrogens is 362 g/mol. The van der Waals surface area contributed by atoms with Crippen LogP contribution in [0.3, 0.4) is 0 Å². The van der Waals surface area contributed by atoms with Crippen molar-refractivity contribution in [3.05, 3.63) is 59.4 Å². The first-order valence-electron chi connectivity index (χ1n) is 9.22. The number of imidazole rings is 1. The molecule has 2 aromatic carbocycles. The predicted octanol–water partition coefficient (Wildman–Crippen LogP) is 4.75. The van der Waals surface area contributed by atoms with Crippen molar-refractivity contribution < 1.29 is 9.53 Å². The number of aryl methyl sites for hydroxylation is 1. The van der Waals surface area contributed by atoms with Gasteiger partial charge in [-0.1, -0.05) is 42.8 Å². The van der Waals surface area contributed by atoms with Crippen LogP contribution in [-0.2, 0) is 11.3 Å². The number of halogens is 1. The number of benzene rings is 2. The molecule has 5 nitrogen and oxygen atoms in total. The maximum Gasteiger partial charge on any atom is 0.220 e. The van der Waals surface area contributed by atoms with E-state index in [-0.39, 0.29) is 11.9 Å². The Labute approximate surface area is 164 Å². The van der Waals surface area contributed by atoms with E-state index in [0.717, 1.165) is 29.8 Å². The molecule has 142 valence electrons. The van der Waals surface area contributed by atoms with Crippen molar-refractivity contribution >= 4 is 28.5 Å². The molecule has 1 aromatic heterocycles. The molecule has 1 atom stereocenters. The molecule has 1 N–H and O–H groups in total. The van der Waals surface area contributed by atoms with E-state index in [0.29, 0.717) is 23.8 Å². The summed E-state index contributed by atoms with van der Waals surface area (Å²) < 4.78 is 7.95. The number of ether oxygens (including phenoxy) is 1. The zero-order valence-corrected chi connectivity index (χ0v) is 16.4. The Hall–Kier alpha value is -2.53. The molecular formula is C21H24ClN3O2. The van der Waals surface area contributed by atoms with Crippen molar-refractivity contribution in [2.45, 2.75) is 39.3 Å². The maximum absolute atomic E-state index is 11.8. The molecule has 0 fully saturated rings. The quantitative estimate of drug-likeness (QED) is 0.569. The highest BCUT2D eigenvalue weighted by Gasteiger charge is 2.17. The minimum Gasteiger partial charge on any atom is -0.492 e. The third-order valence-corrected chi connectivity index (χ3v) is 4.70. The highest BCUT2D eigenvalue weighted by Crippen LogP contribution is 2.24. The van der Waals surface area contributed by atoms with Crippen molar-refractivity contribution in [1.29, 1.82) is 0 Å². The highest BCUT2D eigenvalue weighted by atomic mass is 35.5. The molecule has 0 spiro atoms. The van der Waals surface area contributed by atoms with Gasteiger partial charge in [-0.2, -0.15) is 0 Å². The Kier molecular flexibility index (Phi) is 6.35. The number of carbonyl (C=O) groups is 1. The maximum atomic E-state index is 11.8. The third-order valence-electron chi connectivity index (χ3n) is 4.39. The van der Waals surface area contributed by atoms with E-state index in [1.165, 1.54) is 0 Å². The summed E-state index contributed by atoms with van der Waals surface area (Å²) in [6, 6.07) is 15.3. The van der Waals surface area contributed by atoms with Crippen molar-refractivity contribution in [1.82, 2.24) is 14.9 Å². The standard InChI is InChI=1S/C21H24ClN3O2/c1-3-20(26)23-15(2)21-24-17-10-5-6-11-18(17)25(21)13-8-14-27-19-12-7-4-9-16(19)22/h4-7,9-12,15H,3,8,13-14H2,1-2H3,(H,23,26). The van der Waals surface area contributed by atoms with Crippen LogP contribution in [0.2, 0.25) is 5.02 Å². The van der Waals surface area contributed by atoms with Gasteiger partial charge < -0.3 is 14.6 Å². The zero-order valence-electron chi connectivity index (χ0n) is 15.6. The van der Waals surface area contributed by atoms with Crippen molar-refractivity contribution in [3.63, 3.8) is 0 Å². The number of hydrogen-bond acceptors (Lipinski definition) is 3. The smallest absolute Gasteiger partial charge is 0.220 e. The van der Waals surface area contributed by atoms with E-state index in [2.05, 4.69) is 16.0 Å². The fourth-order valence-corrected chi connectivity index (χ4v) is 3.22. The molecule has 1 unspecified atom stereocenters. The lowest BCUT2D eigenvalue weighted by Gasteiger charge is -2.16. The monoisotopic (exact) mass is 385 g/mol. The highest BCUT2D eigenvalue weighted by molar-refractivity contribution is 6.32. The summed E-state index contributed by atoms with van der Waals surface area (Å²) in [5.74, 6) is 1.57. The first kappa shape index (κ1) is 19.2. The zero-order chi connectivity index (χ0) is 19.2. The van der Waals surface area contributed by atoms with Crippen LogP contribution in [0.25, 0.3) is 11.0 Å². The van der Waals surface area contributed by atoms with E-state index in [9.17, 15) is 4.79 Å². The van der Waals surface area contributed by atoms with Crippen LogP contribution in [0, 0.1) is 0 Å². The Morgan fingerprint density at radius 1 is 1.22 bits per heavy atom. The van der Waals surface area contributed by atoms with E-state index in [4.69, 9.17) is 21.3 Å². The topological polar surface area (TPSA) is 56.2 Å². The first-order valence-corrected chi connectivity index (χ1v) is 9.59. The lowest BCUT2D eigenvalue weighted by molar-refractivity contribution is -0.121. The molecule has 0 aliphatic heterocycles. The minimum absolute atomic E-state index is 0.0168. The number of hydrogen-bond donors (Lipinski definition) is 1. The molecule has 3 rings (SSSR count). The van der Waals surface area contributed by atoms with Gasteiger partial charge in [-0.05, 0) is 37.6 Å². The average Bonchev–Trinajstić information content (AvgIpc) is 3.05. The van der Waals surface area contributed by atoms with Crippen LogP contribution < -0.4 is 10.1 Å². The number of amides is 1. The molecule has 1 amide bonds. The fourth-order valence-electron chi connectivity index (χ4n) is 3.03. The van der Waals surface area contributed by atoms with E-state index < -0.39 is 0 Å². The van der Waals surface area contributed by atoms with Crippen molar-refractivity contribution in [3.8, 4) is 5.75 Å². The van der Waals surface area contributed by atoms with Gasteiger partial charge in [0, 0.05) is 13.0 Å². The van der Waals surface area contributed by atoms with Crippen LogP contribution >= 0.6 is 11.6 Å². The largest absolute Gasteiger partial charge is 0.492 e.